The maximum absolute atomic E-state index is 14.1. The van der Waals surface area contributed by atoms with Gasteiger partial charge in [-0.15, -0.1) is 0 Å². The van der Waals surface area contributed by atoms with E-state index in [2.05, 4.69) is 17.6 Å². The third kappa shape index (κ3) is 5.96. The second-order valence-corrected chi connectivity index (χ2v) is 9.67. The number of nitrogens with one attached hydrogen (secondary N) is 2. The maximum Gasteiger partial charge on any atom is 0.253 e. The molecule has 3 unspecified atom stereocenters. The first-order chi connectivity index (χ1) is 16.5. The molecule has 1 heterocycles. The number of ether oxygens (including phenoxy) is 2. The SMILES string of the molecule is CCC(=O)NCCCCOC1CC([C@H](C)N(C(=O)C2CNCCO2)C2CC2)c2ccc(F)cc21. The zero-order chi connectivity index (χ0) is 24.1. The summed E-state index contributed by atoms with van der Waals surface area (Å²) < 4.78 is 26.1. The number of carbonyl (C=O) groups excluding carboxylic acids is 2. The van der Waals surface area contributed by atoms with Crippen LogP contribution in [-0.2, 0) is 19.1 Å². The van der Waals surface area contributed by atoms with Gasteiger partial charge in [0.15, 0.2) is 0 Å². The summed E-state index contributed by atoms with van der Waals surface area (Å²) in [5.41, 5.74) is 1.98. The number of fused-ring (bicyclic) bond motifs is 1. The lowest BCUT2D eigenvalue weighted by Crippen LogP contribution is -2.53. The normalized spacial score (nSPS) is 25.0. The van der Waals surface area contributed by atoms with Crippen LogP contribution in [0.2, 0.25) is 0 Å². The number of amides is 2. The third-order valence-electron chi connectivity index (χ3n) is 7.22. The Kier molecular flexibility index (Phi) is 8.55. The monoisotopic (exact) mass is 475 g/mol. The van der Waals surface area contributed by atoms with E-state index in [1.54, 1.807) is 6.07 Å². The molecule has 0 aromatic heterocycles. The topological polar surface area (TPSA) is 79.9 Å². The van der Waals surface area contributed by atoms with Gasteiger partial charge < -0.3 is 25.0 Å². The highest BCUT2D eigenvalue weighted by Gasteiger charge is 2.45. The molecule has 4 atom stereocenters. The first-order valence-electron chi connectivity index (χ1n) is 12.8. The highest BCUT2D eigenvalue weighted by atomic mass is 19.1. The summed E-state index contributed by atoms with van der Waals surface area (Å²) in [5, 5.41) is 6.13. The third-order valence-corrected chi connectivity index (χ3v) is 7.22. The molecule has 2 aliphatic carbocycles. The summed E-state index contributed by atoms with van der Waals surface area (Å²) in [6.45, 7) is 7.01. The van der Waals surface area contributed by atoms with Crippen molar-refractivity contribution in [1.29, 1.82) is 0 Å². The molecule has 2 fully saturated rings. The van der Waals surface area contributed by atoms with Crippen molar-refractivity contribution < 1.29 is 23.5 Å². The van der Waals surface area contributed by atoms with Gasteiger partial charge in [-0.1, -0.05) is 13.0 Å². The van der Waals surface area contributed by atoms with E-state index in [-0.39, 0.29) is 41.7 Å². The standard InChI is InChI=1S/C26H38FN3O4/c1-3-25(31)29-10-4-5-12-33-23-15-21(20-9-6-18(27)14-22(20)23)17(2)30(19-7-8-19)26(32)24-16-28-11-13-34-24/h6,9,14,17,19,21,23-24,28H,3-5,7-8,10-13,15-16H2,1-2H3,(H,29,31)/t17-,21?,23?,24?/m0/s1. The minimum Gasteiger partial charge on any atom is -0.373 e. The van der Waals surface area contributed by atoms with Crippen molar-refractivity contribution >= 4 is 11.8 Å². The molecule has 1 aliphatic heterocycles. The van der Waals surface area contributed by atoms with Crippen molar-refractivity contribution in [2.45, 2.75) is 82.6 Å². The van der Waals surface area contributed by atoms with Crippen molar-refractivity contribution in [1.82, 2.24) is 15.5 Å². The van der Waals surface area contributed by atoms with Gasteiger partial charge in [-0.25, -0.2) is 4.39 Å². The van der Waals surface area contributed by atoms with Crippen LogP contribution >= 0.6 is 0 Å². The molecule has 7 nitrogen and oxygen atoms in total. The fraction of sp³-hybridized carbons (Fsp3) is 0.692. The van der Waals surface area contributed by atoms with Crippen LogP contribution in [0.15, 0.2) is 18.2 Å². The van der Waals surface area contributed by atoms with Crippen LogP contribution < -0.4 is 10.6 Å². The Morgan fingerprint density at radius 1 is 1.29 bits per heavy atom. The molecule has 2 amide bonds. The highest BCUT2D eigenvalue weighted by Crippen LogP contribution is 2.47. The number of unbranched alkanes of at least 4 members (excludes halogenated alkanes) is 1. The largest absolute Gasteiger partial charge is 0.373 e. The quantitative estimate of drug-likeness (QED) is 0.481. The summed E-state index contributed by atoms with van der Waals surface area (Å²) >= 11 is 0. The van der Waals surface area contributed by atoms with E-state index in [9.17, 15) is 14.0 Å². The minimum atomic E-state index is -0.439. The van der Waals surface area contributed by atoms with E-state index < -0.39 is 6.10 Å². The second-order valence-electron chi connectivity index (χ2n) is 9.67. The van der Waals surface area contributed by atoms with Gasteiger partial charge in [0.25, 0.3) is 5.91 Å². The molecule has 4 rings (SSSR count). The fourth-order valence-corrected chi connectivity index (χ4v) is 5.22. The van der Waals surface area contributed by atoms with Crippen LogP contribution in [0.25, 0.3) is 0 Å². The molecule has 1 aromatic carbocycles. The zero-order valence-electron chi connectivity index (χ0n) is 20.4. The Morgan fingerprint density at radius 3 is 2.82 bits per heavy atom. The number of hydrogen-bond donors (Lipinski definition) is 2. The van der Waals surface area contributed by atoms with E-state index in [1.165, 1.54) is 6.07 Å². The molecule has 0 radical (unpaired) electrons. The van der Waals surface area contributed by atoms with Crippen molar-refractivity contribution in [3.63, 3.8) is 0 Å². The van der Waals surface area contributed by atoms with Crippen LogP contribution in [0, 0.1) is 5.82 Å². The van der Waals surface area contributed by atoms with Gasteiger partial charge >= 0.3 is 0 Å². The fourth-order valence-electron chi connectivity index (χ4n) is 5.22. The molecule has 188 valence electrons. The average Bonchev–Trinajstić information content (AvgIpc) is 3.62. The molecule has 0 spiro atoms. The predicted molar refractivity (Wildman–Crippen MR) is 127 cm³/mol. The summed E-state index contributed by atoms with van der Waals surface area (Å²) in [5.74, 6) is -0.0586. The minimum absolute atomic E-state index is 0.0207. The number of morpholine rings is 1. The van der Waals surface area contributed by atoms with E-state index >= 15 is 0 Å². The Balaban J connectivity index is 1.40. The lowest BCUT2D eigenvalue weighted by atomic mass is 9.92. The predicted octanol–water partition coefficient (Wildman–Crippen LogP) is 3.05. The van der Waals surface area contributed by atoms with E-state index in [0.29, 0.717) is 32.7 Å². The van der Waals surface area contributed by atoms with Gasteiger partial charge in [-0.3, -0.25) is 9.59 Å². The van der Waals surface area contributed by atoms with Crippen molar-refractivity contribution in [2.75, 3.05) is 32.8 Å². The van der Waals surface area contributed by atoms with Crippen molar-refractivity contribution in [2.24, 2.45) is 0 Å². The van der Waals surface area contributed by atoms with Gasteiger partial charge in [-0.05, 0) is 62.3 Å². The molecule has 2 N–H and O–H groups in total. The number of rotatable bonds is 11. The van der Waals surface area contributed by atoms with Gasteiger partial charge in [0.05, 0.1) is 12.7 Å². The number of halogens is 1. The Bertz CT molecular complexity index is 856. The zero-order valence-corrected chi connectivity index (χ0v) is 20.4. The van der Waals surface area contributed by atoms with Crippen LogP contribution in [0.3, 0.4) is 0 Å². The Morgan fingerprint density at radius 2 is 2.12 bits per heavy atom. The van der Waals surface area contributed by atoms with E-state index in [1.807, 2.05) is 17.9 Å². The Hall–Kier alpha value is -2.03. The molecule has 8 heteroatoms. The van der Waals surface area contributed by atoms with Gasteiger partial charge in [0.1, 0.15) is 11.9 Å². The van der Waals surface area contributed by atoms with Gasteiger partial charge in [0, 0.05) is 50.7 Å². The second kappa shape index (κ2) is 11.6. The average molecular weight is 476 g/mol. The lowest BCUT2D eigenvalue weighted by Gasteiger charge is -2.37. The summed E-state index contributed by atoms with van der Waals surface area (Å²) in [7, 11) is 0. The van der Waals surface area contributed by atoms with Crippen LogP contribution in [-0.4, -0.2) is 67.7 Å². The molecule has 0 bridgehead atoms. The number of carbonyl (C=O) groups is 2. The maximum atomic E-state index is 14.1. The number of hydrogen-bond acceptors (Lipinski definition) is 5. The van der Waals surface area contributed by atoms with Gasteiger partial charge in [-0.2, -0.15) is 0 Å². The van der Waals surface area contributed by atoms with Crippen LogP contribution in [0.5, 0.6) is 0 Å². The molecular weight excluding hydrogens is 437 g/mol. The van der Waals surface area contributed by atoms with E-state index in [4.69, 9.17) is 9.47 Å². The van der Waals surface area contributed by atoms with E-state index in [0.717, 1.165) is 49.8 Å². The molecule has 1 aromatic rings. The smallest absolute Gasteiger partial charge is 0.253 e. The van der Waals surface area contributed by atoms with Gasteiger partial charge in [0.2, 0.25) is 5.91 Å². The lowest BCUT2D eigenvalue weighted by molar-refractivity contribution is -0.148. The highest BCUT2D eigenvalue weighted by molar-refractivity contribution is 5.82. The Labute approximate surface area is 201 Å². The summed E-state index contributed by atoms with van der Waals surface area (Å²) in [4.78, 5) is 26.8. The van der Waals surface area contributed by atoms with Crippen LogP contribution in [0.1, 0.15) is 75.5 Å². The molecular formula is C26H38FN3O4. The summed E-state index contributed by atoms with van der Waals surface area (Å²) in [6.07, 6.45) is 4.30. The molecule has 3 aliphatic rings. The molecule has 34 heavy (non-hydrogen) atoms. The molecule has 1 saturated heterocycles. The first kappa shape index (κ1) is 25.1. The number of benzene rings is 1. The van der Waals surface area contributed by atoms with Crippen molar-refractivity contribution in [3.8, 4) is 0 Å². The molecule has 1 saturated carbocycles. The summed E-state index contributed by atoms with van der Waals surface area (Å²) in [6, 6.07) is 5.20. The first-order valence-corrected chi connectivity index (χ1v) is 12.8. The van der Waals surface area contributed by atoms with Crippen molar-refractivity contribution in [3.05, 3.63) is 35.1 Å². The number of nitrogens with zero attached hydrogens (tertiary/aromatic N) is 1. The van der Waals surface area contributed by atoms with Crippen LogP contribution in [0.4, 0.5) is 4.39 Å².